The highest BCUT2D eigenvalue weighted by molar-refractivity contribution is 5.95. The number of fused-ring (bicyclic) bond motifs is 2. The van der Waals surface area contributed by atoms with E-state index in [9.17, 15) is 0 Å². The third-order valence-electron chi connectivity index (χ3n) is 4.91. The molecule has 1 aromatic heterocycles. The van der Waals surface area contributed by atoms with Crippen molar-refractivity contribution in [3.63, 3.8) is 0 Å². The number of rotatable bonds is 2. The fraction of sp³-hybridized carbons (Fsp3) is 0.0455. The van der Waals surface area contributed by atoms with Gasteiger partial charge in [0.15, 0.2) is 5.82 Å². The molecule has 1 atom stereocenters. The van der Waals surface area contributed by atoms with Crippen molar-refractivity contribution in [3.8, 4) is 0 Å². The Bertz CT molecular complexity index is 1110. The van der Waals surface area contributed by atoms with Crippen molar-refractivity contribution in [1.82, 2.24) is 10.2 Å². The van der Waals surface area contributed by atoms with E-state index in [4.69, 9.17) is 5.73 Å². The third kappa shape index (κ3) is 2.19. The lowest BCUT2D eigenvalue weighted by atomic mass is 9.95. The van der Waals surface area contributed by atoms with Crippen LogP contribution in [0.15, 0.2) is 84.9 Å². The highest BCUT2D eigenvalue weighted by Gasteiger charge is 2.30. The predicted molar refractivity (Wildman–Crippen MR) is 106 cm³/mol. The second kappa shape index (κ2) is 5.77. The summed E-state index contributed by atoms with van der Waals surface area (Å²) in [5.41, 5.74) is 11.5. The fourth-order valence-electron chi connectivity index (χ4n) is 3.69. The van der Waals surface area contributed by atoms with Gasteiger partial charge in [-0.15, -0.1) is 0 Å². The minimum absolute atomic E-state index is 0.0159. The molecule has 1 unspecified atom stereocenters. The van der Waals surface area contributed by atoms with Gasteiger partial charge in [0.25, 0.3) is 0 Å². The number of aromatic nitrogens is 2. The van der Waals surface area contributed by atoms with Gasteiger partial charge in [-0.25, -0.2) is 0 Å². The fourth-order valence-corrected chi connectivity index (χ4v) is 3.69. The van der Waals surface area contributed by atoms with Crippen LogP contribution in [0, 0.1) is 0 Å². The summed E-state index contributed by atoms with van der Waals surface area (Å²) < 4.78 is 0. The van der Waals surface area contributed by atoms with E-state index in [1.165, 1.54) is 5.56 Å². The number of para-hydroxylation sites is 2. The average molecular weight is 338 g/mol. The van der Waals surface area contributed by atoms with Crippen molar-refractivity contribution in [2.45, 2.75) is 6.04 Å². The van der Waals surface area contributed by atoms with Crippen molar-refractivity contribution in [2.24, 2.45) is 5.73 Å². The summed E-state index contributed by atoms with van der Waals surface area (Å²) in [5, 5.41) is 8.90. The molecule has 0 fully saturated rings. The zero-order valence-electron chi connectivity index (χ0n) is 14.1. The lowest BCUT2D eigenvalue weighted by Gasteiger charge is -2.36. The molecule has 0 aliphatic carbocycles. The van der Waals surface area contributed by atoms with Gasteiger partial charge in [0.1, 0.15) is 0 Å². The van der Waals surface area contributed by atoms with E-state index >= 15 is 0 Å². The number of nitrogens with two attached hydrogens (primary N) is 1. The zero-order valence-corrected chi connectivity index (χ0v) is 14.1. The van der Waals surface area contributed by atoms with Crippen LogP contribution in [-0.2, 0) is 0 Å². The zero-order chi connectivity index (χ0) is 17.5. The van der Waals surface area contributed by atoms with E-state index in [1.54, 1.807) is 0 Å². The molecule has 0 radical (unpaired) electrons. The molecule has 0 spiro atoms. The Balaban J connectivity index is 1.78. The summed E-state index contributed by atoms with van der Waals surface area (Å²) in [7, 11) is 0. The van der Waals surface area contributed by atoms with E-state index in [0.717, 1.165) is 33.7 Å². The van der Waals surface area contributed by atoms with Crippen molar-refractivity contribution in [2.75, 3.05) is 4.90 Å². The summed E-state index contributed by atoms with van der Waals surface area (Å²) in [6, 6.07) is 26.8. The molecule has 1 aliphatic rings. The summed E-state index contributed by atoms with van der Waals surface area (Å²) >= 11 is 0. The number of anilines is 2. The molecule has 4 nitrogen and oxygen atoms in total. The molecule has 4 heteroatoms. The van der Waals surface area contributed by atoms with Crippen LogP contribution >= 0.6 is 0 Å². The molecule has 126 valence electrons. The molecule has 2 heterocycles. The molecule has 3 N–H and O–H groups in total. The maximum atomic E-state index is 6.41. The quantitative estimate of drug-likeness (QED) is 0.554. The van der Waals surface area contributed by atoms with Crippen LogP contribution < -0.4 is 10.6 Å². The third-order valence-corrected chi connectivity index (χ3v) is 4.91. The molecular formula is C22H18N4. The minimum Gasteiger partial charge on any atom is -0.398 e. The van der Waals surface area contributed by atoms with Gasteiger partial charge in [-0.05, 0) is 29.8 Å². The summed E-state index contributed by atoms with van der Waals surface area (Å²) in [6.07, 6.45) is 2.11. The van der Waals surface area contributed by atoms with Crippen molar-refractivity contribution in [1.29, 1.82) is 0 Å². The molecule has 0 amide bonds. The van der Waals surface area contributed by atoms with Gasteiger partial charge in [-0.3, -0.25) is 5.10 Å². The first kappa shape index (κ1) is 14.8. The first-order valence-electron chi connectivity index (χ1n) is 8.67. The molecule has 0 saturated carbocycles. The molecule has 5 rings (SSSR count). The van der Waals surface area contributed by atoms with E-state index in [1.807, 2.05) is 36.4 Å². The first-order valence-corrected chi connectivity index (χ1v) is 8.67. The van der Waals surface area contributed by atoms with Gasteiger partial charge in [0, 0.05) is 16.6 Å². The number of hydrogen-bond acceptors (Lipinski definition) is 3. The summed E-state index contributed by atoms with van der Waals surface area (Å²) in [5.74, 6) is 0.908. The number of aromatic amines is 1. The Labute approximate surface area is 151 Å². The van der Waals surface area contributed by atoms with E-state index in [0.29, 0.717) is 0 Å². The largest absolute Gasteiger partial charge is 0.398 e. The van der Waals surface area contributed by atoms with Gasteiger partial charge < -0.3 is 10.6 Å². The number of nitrogens with zero attached hydrogens (tertiary/aromatic N) is 2. The Morgan fingerprint density at radius 3 is 2.46 bits per heavy atom. The maximum absolute atomic E-state index is 6.41. The van der Waals surface area contributed by atoms with Crippen molar-refractivity contribution in [3.05, 3.63) is 96.1 Å². The van der Waals surface area contributed by atoms with Gasteiger partial charge in [-0.2, -0.15) is 5.10 Å². The van der Waals surface area contributed by atoms with Crippen LogP contribution in [0.1, 0.15) is 17.2 Å². The average Bonchev–Trinajstić information content (AvgIpc) is 3.12. The Morgan fingerprint density at radius 1 is 0.846 bits per heavy atom. The maximum Gasteiger partial charge on any atom is 0.163 e. The van der Waals surface area contributed by atoms with E-state index < -0.39 is 0 Å². The van der Waals surface area contributed by atoms with Crippen LogP contribution in [0.3, 0.4) is 0 Å². The molecule has 1 aliphatic heterocycles. The van der Waals surface area contributed by atoms with Crippen LogP contribution in [0.25, 0.3) is 16.6 Å². The van der Waals surface area contributed by atoms with Gasteiger partial charge in [0.05, 0.1) is 17.2 Å². The van der Waals surface area contributed by atoms with Crippen LogP contribution in [0.2, 0.25) is 0 Å². The van der Waals surface area contributed by atoms with Gasteiger partial charge in [-0.1, -0.05) is 60.7 Å². The van der Waals surface area contributed by atoms with E-state index in [-0.39, 0.29) is 6.04 Å². The molecule has 26 heavy (non-hydrogen) atoms. The number of H-pyrrole nitrogens is 1. The topological polar surface area (TPSA) is 57.9 Å². The second-order valence-corrected chi connectivity index (χ2v) is 6.46. The molecular weight excluding hydrogens is 320 g/mol. The SMILES string of the molecule is NC1=CC(c2ccccc2)N(c2n[nH]c3ccccc23)c2ccccc21. The van der Waals surface area contributed by atoms with E-state index in [2.05, 4.69) is 63.6 Å². The smallest absolute Gasteiger partial charge is 0.163 e. The highest BCUT2D eigenvalue weighted by Crippen LogP contribution is 2.44. The Hall–Kier alpha value is -3.53. The van der Waals surface area contributed by atoms with Crippen molar-refractivity contribution >= 4 is 28.1 Å². The second-order valence-electron chi connectivity index (χ2n) is 6.46. The summed E-state index contributed by atoms with van der Waals surface area (Å²) in [4.78, 5) is 2.26. The predicted octanol–water partition coefficient (Wildman–Crippen LogP) is 4.76. The monoisotopic (exact) mass is 338 g/mol. The first-order chi connectivity index (χ1) is 12.8. The standard InChI is InChI=1S/C22H18N4/c23-18-14-21(15-8-2-1-3-9-15)26(20-13-7-5-10-16(18)20)22-17-11-4-6-12-19(17)24-25-22/h1-14,21H,23H2,(H,24,25). The minimum atomic E-state index is -0.0159. The number of nitrogens with one attached hydrogen (secondary N) is 1. The lowest BCUT2D eigenvalue weighted by Crippen LogP contribution is -2.28. The molecule has 0 saturated heterocycles. The Morgan fingerprint density at radius 2 is 1.58 bits per heavy atom. The number of hydrogen-bond donors (Lipinski definition) is 2. The summed E-state index contributed by atoms with van der Waals surface area (Å²) in [6.45, 7) is 0. The molecule has 0 bridgehead atoms. The molecule has 4 aromatic rings. The lowest BCUT2D eigenvalue weighted by molar-refractivity contribution is 0.821. The Kier molecular flexibility index (Phi) is 3.28. The van der Waals surface area contributed by atoms with Crippen LogP contribution in [-0.4, -0.2) is 10.2 Å². The number of benzene rings is 3. The van der Waals surface area contributed by atoms with Gasteiger partial charge in [0.2, 0.25) is 0 Å². The normalized spacial score (nSPS) is 16.4. The van der Waals surface area contributed by atoms with Crippen LogP contribution in [0.4, 0.5) is 11.5 Å². The molecule has 3 aromatic carbocycles. The van der Waals surface area contributed by atoms with Crippen LogP contribution in [0.5, 0.6) is 0 Å². The van der Waals surface area contributed by atoms with Crippen molar-refractivity contribution < 1.29 is 0 Å². The highest BCUT2D eigenvalue weighted by atomic mass is 15.3. The van der Waals surface area contributed by atoms with Gasteiger partial charge >= 0.3 is 0 Å².